The van der Waals surface area contributed by atoms with Crippen LogP contribution in [0.5, 0.6) is 0 Å². The van der Waals surface area contributed by atoms with Crippen LogP contribution in [-0.2, 0) is 0 Å². The average Bonchev–Trinajstić information content (AvgIpc) is 2.50. The largest absolute Gasteiger partial charge is 0.390 e. The van der Waals surface area contributed by atoms with Crippen LogP contribution >= 0.6 is 12.4 Å². The van der Waals surface area contributed by atoms with Gasteiger partial charge in [-0.25, -0.2) is 8.78 Å². The van der Waals surface area contributed by atoms with Crippen LogP contribution in [0.2, 0.25) is 0 Å². The van der Waals surface area contributed by atoms with Crippen molar-refractivity contribution in [2.75, 3.05) is 32.8 Å². The summed E-state index contributed by atoms with van der Waals surface area (Å²) >= 11 is 0. The third kappa shape index (κ3) is 4.35. The summed E-state index contributed by atoms with van der Waals surface area (Å²) in [6.45, 7) is 2.16. The van der Waals surface area contributed by atoms with E-state index in [1.807, 2.05) is 0 Å². The fourth-order valence-electron chi connectivity index (χ4n) is 2.74. The molecule has 0 unspecified atom stereocenters. The quantitative estimate of drug-likeness (QED) is 0.625. The zero-order valence-corrected chi connectivity index (χ0v) is 13.5. The number of aryl methyl sites for hydroxylation is 1. The molecule has 1 heterocycles. The highest BCUT2D eigenvalue weighted by Crippen LogP contribution is 2.38. The predicted octanol–water partition coefficient (Wildman–Crippen LogP) is 1.90. The molecule has 0 spiro atoms. The van der Waals surface area contributed by atoms with Gasteiger partial charge in [0, 0.05) is 37.8 Å². The number of nitrogens with one attached hydrogen (secondary N) is 1. The lowest BCUT2D eigenvalue weighted by Gasteiger charge is -2.38. The number of halogens is 3. The Bertz CT molecular complexity index is 554. The maximum atomic E-state index is 14.2. The molecule has 0 aliphatic carbocycles. The minimum atomic E-state index is -3.37. The Balaban J connectivity index is 0.00000264. The average molecular weight is 352 g/mol. The van der Waals surface area contributed by atoms with Crippen molar-refractivity contribution < 1.29 is 18.8 Å². The topological polar surface area (TPSA) is 78.6 Å². The first-order valence-corrected chi connectivity index (χ1v) is 7.05. The third-order valence-electron chi connectivity index (χ3n) is 3.87. The van der Waals surface area contributed by atoms with E-state index in [1.165, 1.54) is 18.2 Å². The molecule has 130 valence electrons. The molecule has 2 N–H and O–H groups in total. The van der Waals surface area contributed by atoms with Crippen molar-refractivity contribution in [2.24, 2.45) is 0 Å². The van der Waals surface area contributed by atoms with E-state index in [9.17, 15) is 18.9 Å². The second-order valence-electron chi connectivity index (χ2n) is 5.41. The Morgan fingerprint density at radius 1 is 1.43 bits per heavy atom. The van der Waals surface area contributed by atoms with Crippen molar-refractivity contribution in [3.05, 3.63) is 39.4 Å². The van der Waals surface area contributed by atoms with Gasteiger partial charge >= 0.3 is 0 Å². The third-order valence-corrected chi connectivity index (χ3v) is 3.87. The number of nitrogens with zero attached hydrogens (tertiary/aromatic N) is 2. The minimum absolute atomic E-state index is 0. The number of piperazine rings is 1. The molecule has 1 aliphatic heterocycles. The van der Waals surface area contributed by atoms with E-state index in [2.05, 4.69) is 5.32 Å². The molecule has 1 aliphatic rings. The molecular formula is C14H20ClF2N3O3. The normalized spacial score (nSPS) is 17.4. The van der Waals surface area contributed by atoms with Crippen LogP contribution in [0.4, 0.5) is 14.5 Å². The molecule has 2 rings (SSSR count). The van der Waals surface area contributed by atoms with E-state index < -0.39 is 23.5 Å². The minimum Gasteiger partial charge on any atom is -0.390 e. The van der Waals surface area contributed by atoms with Gasteiger partial charge in [0.25, 0.3) is 11.6 Å². The molecular weight excluding hydrogens is 332 g/mol. The fourth-order valence-corrected chi connectivity index (χ4v) is 2.74. The lowest BCUT2D eigenvalue weighted by atomic mass is 9.96. The van der Waals surface area contributed by atoms with Crippen LogP contribution in [0.1, 0.15) is 17.2 Å². The maximum absolute atomic E-state index is 14.2. The standard InChI is InChI=1S/C14H19F2N3O3.ClH/c1-10-2-3-11(8-12(10)19(21)22)13(14(15,16)9-20)18-6-4-17-5-7-18;/h2-3,8,13,17,20H,4-7,9H2,1H3;1H/t13-;/m1./s1. The van der Waals surface area contributed by atoms with Crippen LogP contribution < -0.4 is 5.32 Å². The van der Waals surface area contributed by atoms with Crippen molar-refractivity contribution in [2.45, 2.75) is 18.9 Å². The summed E-state index contributed by atoms with van der Waals surface area (Å²) in [4.78, 5) is 12.0. The molecule has 1 atom stereocenters. The molecule has 0 aromatic heterocycles. The lowest BCUT2D eigenvalue weighted by Crippen LogP contribution is -2.51. The van der Waals surface area contributed by atoms with E-state index >= 15 is 0 Å². The summed E-state index contributed by atoms with van der Waals surface area (Å²) in [5.74, 6) is -3.37. The zero-order valence-electron chi connectivity index (χ0n) is 12.7. The van der Waals surface area contributed by atoms with E-state index in [1.54, 1.807) is 11.8 Å². The lowest BCUT2D eigenvalue weighted by molar-refractivity contribution is -0.385. The fraction of sp³-hybridized carbons (Fsp3) is 0.571. The van der Waals surface area contributed by atoms with Gasteiger partial charge in [-0.05, 0) is 12.5 Å². The Kier molecular flexibility index (Phi) is 6.82. The Hall–Kier alpha value is -1.35. The van der Waals surface area contributed by atoms with Crippen molar-refractivity contribution in [1.29, 1.82) is 0 Å². The first-order valence-electron chi connectivity index (χ1n) is 7.05. The van der Waals surface area contributed by atoms with Crippen LogP contribution in [-0.4, -0.2) is 53.6 Å². The van der Waals surface area contributed by atoms with Crippen molar-refractivity contribution in [3.63, 3.8) is 0 Å². The van der Waals surface area contributed by atoms with E-state index in [-0.39, 0.29) is 23.7 Å². The SMILES string of the molecule is Cc1ccc([C@@H](N2CCNCC2)C(F)(F)CO)cc1[N+](=O)[O-].Cl. The van der Waals surface area contributed by atoms with Gasteiger partial charge in [0.2, 0.25) is 0 Å². The number of nitro benzene ring substituents is 1. The van der Waals surface area contributed by atoms with Gasteiger partial charge in [0.05, 0.1) is 4.92 Å². The molecule has 1 saturated heterocycles. The number of aliphatic hydroxyl groups excluding tert-OH is 1. The molecule has 0 radical (unpaired) electrons. The second-order valence-corrected chi connectivity index (χ2v) is 5.41. The maximum Gasteiger partial charge on any atom is 0.289 e. The Morgan fingerprint density at radius 3 is 2.57 bits per heavy atom. The highest BCUT2D eigenvalue weighted by molar-refractivity contribution is 5.85. The number of hydrogen-bond acceptors (Lipinski definition) is 5. The smallest absolute Gasteiger partial charge is 0.289 e. The monoisotopic (exact) mass is 351 g/mol. The number of nitro groups is 1. The molecule has 0 saturated carbocycles. The van der Waals surface area contributed by atoms with Gasteiger partial charge < -0.3 is 10.4 Å². The molecule has 9 heteroatoms. The van der Waals surface area contributed by atoms with Crippen LogP contribution in [0, 0.1) is 17.0 Å². The zero-order chi connectivity index (χ0) is 16.3. The van der Waals surface area contributed by atoms with E-state index in [0.29, 0.717) is 31.7 Å². The molecule has 0 bridgehead atoms. The summed E-state index contributed by atoms with van der Waals surface area (Å²) < 4.78 is 28.5. The first kappa shape index (κ1) is 19.7. The summed E-state index contributed by atoms with van der Waals surface area (Å²) in [6.07, 6.45) is 0. The predicted molar refractivity (Wildman–Crippen MR) is 84.3 cm³/mol. The van der Waals surface area contributed by atoms with Gasteiger partial charge in [-0.2, -0.15) is 0 Å². The first-order chi connectivity index (χ1) is 10.4. The van der Waals surface area contributed by atoms with Gasteiger partial charge in [0.1, 0.15) is 12.6 Å². The number of rotatable bonds is 5. The Labute approximate surface area is 139 Å². The molecule has 1 aromatic carbocycles. The highest BCUT2D eigenvalue weighted by Gasteiger charge is 2.44. The van der Waals surface area contributed by atoms with Crippen molar-refractivity contribution >= 4 is 18.1 Å². The Morgan fingerprint density at radius 2 is 2.04 bits per heavy atom. The number of hydrogen-bond donors (Lipinski definition) is 2. The molecule has 23 heavy (non-hydrogen) atoms. The molecule has 1 fully saturated rings. The van der Waals surface area contributed by atoms with Gasteiger partial charge in [0.15, 0.2) is 0 Å². The van der Waals surface area contributed by atoms with Gasteiger partial charge in [-0.1, -0.05) is 12.1 Å². The van der Waals surface area contributed by atoms with Crippen molar-refractivity contribution in [3.8, 4) is 0 Å². The molecule has 6 nitrogen and oxygen atoms in total. The van der Waals surface area contributed by atoms with Crippen LogP contribution in [0.15, 0.2) is 18.2 Å². The van der Waals surface area contributed by atoms with Gasteiger partial charge in [-0.15, -0.1) is 12.4 Å². The van der Waals surface area contributed by atoms with Gasteiger partial charge in [-0.3, -0.25) is 15.0 Å². The number of alkyl halides is 2. The number of aliphatic hydroxyl groups is 1. The summed E-state index contributed by atoms with van der Waals surface area (Å²) in [5.41, 5.74) is 0.379. The summed E-state index contributed by atoms with van der Waals surface area (Å²) in [5, 5.41) is 23.2. The molecule has 0 amide bonds. The van der Waals surface area contributed by atoms with Crippen molar-refractivity contribution in [1.82, 2.24) is 10.2 Å². The summed E-state index contributed by atoms with van der Waals surface area (Å²) in [7, 11) is 0. The van der Waals surface area contributed by atoms with Crippen LogP contribution in [0.3, 0.4) is 0 Å². The van der Waals surface area contributed by atoms with E-state index in [0.717, 1.165) is 0 Å². The molecule has 1 aromatic rings. The number of benzene rings is 1. The summed E-state index contributed by atoms with van der Waals surface area (Å²) in [6, 6.07) is 2.75. The second kappa shape index (κ2) is 7.96. The highest BCUT2D eigenvalue weighted by atomic mass is 35.5. The van der Waals surface area contributed by atoms with E-state index in [4.69, 9.17) is 5.11 Å². The van der Waals surface area contributed by atoms with Crippen LogP contribution in [0.25, 0.3) is 0 Å².